The number of hydrogen-bond donors (Lipinski definition) is 0. The zero-order valence-electron chi connectivity index (χ0n) is 14.3. The van der Waals surface area contributed by atoms with Crippen LogP contribution in [0.5, 0.6) is 0 Å². The maximum atomic E-state index is 12.3. The van der Waals surface area contributed by atoms with Crippen molar-refractivity contribution in [3.63, 3.8) is 0 Å². The molecule has 2 aromatic rings. The molecule has 1 saturated heterocycles. The van der Waals surface area contributed by atoms with Gasteiger partial charge in [-0.05, 0) is 36.3 Å². The van der Waals surface area contributed by atoms with E-state index in [1.165, 1.54) is 33.5 Å². The summed E-state index contributed by atoms with van der Waals surface area (Å²) in [4.78, 5) is 13.2. The molecule has 1 aliphatic rings. The molecule has 0 bridgehead atoms. The van der Waals surface area contributed by atoms with Crippen LogP contribution in [0.3, 0.4) is 0 Å². The van der Waals surface area contributed by atoms with Gasteiger partial charge in [0.2, 0.25) is 0 Å². The predicted molar refractivity (Wildman–Crippen MR) is 98.7 cm³/mol. The van der Waals surface area contributed by atoms with Gasteiger partial charge in [0.15, 0.2) is 0 Å². The Hall–Kier alpha value is -1.55. The van der Waals surface area contributed by atoms with Gasteiger partial charge in [0, 0.05) is 39.8 Å². The monoisotopic (exact) mass is 382 g/mol. The lowest BCUT2D eigenvalue weighted by Gasteiger charge is -2.33. The first-order chi connectivity index (χ1) is 11.9. The highest BCUT2D eigenvalue weighted by atomic mass is 32.2. The van der Waals surface area contributed by atoms with E-state index >= 15 is 0 Å². The van der Waals surface area contributed by atoms with E-state index in [1.54, 1.807) is 17.4 Å². The zero-order valence-corrected chi connectivity index (χ0v) is 16.0. The third kappa shape index (κ3) is 4.00. The maximum Gasteiger partial charge on any atom is 0.281 e. The molecule has 3 heterocycles. The molecule has 1 fully saturated rings. The minimum Gasteiger partial charge on any atom is -0.268 e. The van der Waals surface area contributed by atoms with Crippen molar-refractivity contribution >= 4 is 21.5 Å². The minimum atomic E-state index is -3.42. The largest absolute Gasteiger partial charge is 0.281 e. The molecule has 0 unspecified atom stereocenters. The second-order valence-corrected chi connectivity index (χ2v) is 9.46. The van der Waals surface area contributed by atoms with Crippen LogP contribution in [0.2, 0.25) is 0 Å². The summed E-state index contributed by atoms with van der Waals surface area (Å²) >= 11 is 1.57. The van der Waals surface area contributed by atoms with Gasteiger partial charge in [-0.15, -0.1) is 11.3 Å². The lowest BCUT2D eigenvalue weighted by atomic mass is 10.00. The second-order valence-electron chi connectivity index (χ2n) is 6.37. The Morgan fingerprint density at radius 3 is 2.80 bits per heavy atom. The van der Waals surface area contributed by atoms with Crippen molar-refractivity contribution in [2.24, 2.45) is 5.92 Å². The Balaban J connectivity index is 1.78. The zero-order chi connectivity index (χ0) is 18.0. The van der Waals surface area contributed by atoms with Crippen LogP contribution in [0.25, 0.3) is 10.6 Å². The van der Waals surface area contributed by atoms with Gasteiger partial charge in [0.25, 0.3) is 15.8 Å². The van der Waals surface area contributed by atoms with Gasteiger partial charge in [0.05, 0.1) is 4.88 Å². The molecule has 0 saturated carbocycles. The normalized spacial score (nSPS) is 19.4. The van der Waals surface area contributed by atoms with Crippen LogP contribution in [-0.2, 0) is 16.8 Å². The Morgan fingerprint density at radius 1 is 1.32 bits per heavy atom. The van der Waals surface area contributed by atoms with E-state index in [4.69, 9.17) is 0 Å². The van der Waals surface area contributed by atoms with E-state index in [0.29, 0.717) is 19.6 Å². The lowest BCUT2D eigenvalue weighted by Crippen LogP contribution is -2.46. The van der Waals surface area contributed by atoms with Crippen molar-refractivity contribution in [2.75, 3.05) is 27.2 Å². The molecule has 2 aromatic heterocycles. The highest BCUT2D eigenvalue weighted by molar-refractivity contribution is 7.86. The van der Waals surface area contributed by atoms with Gasteiger partial charge >= 0.3 is 0 Å². The molecule has 136 valence electrons. The minimum absolute atomic E-state index is 0.0762. The molecule has 3 rings (SSSR count). The number of piperidine rings is 1. The van der Waals surface area contributed by atoms with Crippen LogP contribution in [-0.4, -0.2) is 54.0 Å². The number of thiophene rings is 1. The summed E-state index contributed by atoms with van der Waals surface area (Å²) in [6.07, 6.45) is 1.67. The van der Waals surface area contributed by atoms with E-state index in [2.05, 4.69) is 5.10 Å². The molecule has 7 nitrogen and oxygen atoms in total. The van der Waals surface area contributed by atoms with Crippen molar-refractivity contribution in [3.05, 3.63) is 40.0 Å². The molecule has 25 heavy (non-hydrogen) atoms. The number of nitrogens with zero attached hydrogens (tertiary/aromatic N) is 4. The van der Waals surface area contributed by atoms with Crippen LogP contribution >= 0.6 is 11.3 Å². The fraction of sp³-hybridized carbons (Fsp3) is 0.500. The topological polar surface area (TPSA) is 75.5 Å². The molecular weight excluding hydrogens is 360 g/mol. The first-order valence-corrected chi connectivity index (χ1v) is 10.5. The average molecular weight is 383 g/mol. The van der Waals surface area contributed by atoms with E-state index < -0.39 is 10.2 Å². The Labute approximate surface area is 151 Å². The molecule has 1 aliphatic heterocycles. The third-order valence-electron chi connectivity index (χ3n) is 4.34. The van der Waals surface area contributed by atoms with Crippen molar-refractivity contribution in [2.45, 2.75) is 19.4 Å². The van der Waals surface area contributed by atoms with Gasteiger partial charge in [-0.25, -0.2) is 4.68 Å². The molecule has 1 atom stereocenters. The Morgan fingerprint density at radius 2 is 2.12 bits per heavy atom. The summed E-state index contributed by atoms with van der Waals surface area (Å²) in [5.41, 5.74) is 0.607. The van der Waals surface area contributed by atoms with E-state index in [0.717, 1.165) is 23.4 Å². The molecule has 0 amide bonds. The summed E-state index contributed by atoms with van der Waals surface area (Å²) < 4.78 is 28.9. The summed E-state index contributed by atoms with van der Waals surface area (Å²) in [5, 5.41) is 6.44. The third-order valence-corrected chi connectivity index (χ3v) is 7.14. The average Bonchev–Trinajstić information content (AvgIpc) is 3.11. The quantitative estimate of drug-likeness (QED) is 0.785. The van der Waals surface area contributed by atoms with E-state index in [1.807, 2.05) is 17.5 Å². The molecule has 0 N–H and O–H groups in total. The van der Waals surface area contributed by atoms with E-state index in [9.17, 15) is 13.2 Å². The Bertz CT molecular complexity index is 875. The van der Waals surface area contributed by atoms with E-state index in [-0.39, 0.29) is 11.5 Å². The van der Waals surface area contributed by atoms with Crippen molar-refractivity contribution < 1.29 is 8.42 Å². The second kappa shape index (κ2) is 7.36. The van der Waals surface area contributed by atoms with Gasteiger partial charge in [-0.1, -0.05) is 6.07 Å². The van der Waals surface area contributed by atoms with Crippen LogP contribution in [0.15, 0.2) is 34.4 Å². The van der Waals surface area contributed by atoms with Gasteiger partial charge < -0.3 is 0 Å². The molecule has 0 spiro atoms. The van der Waals surface area contributed by atoms with Crippen molar-refractivity contribution in [3.8, 4) is 10.6 Å². The predicted octanol–water partition coefficient (Wildman–Crippen LogP) is 1.49. The highest BCUT2D eigenvalue weighted by Crippen LogP contribution is 2.23. The Kier molecular flexibility index (Phi) is 5.38. The van der Waals surface area contributed by atoms with Crippen molar-refractivity contribution in [1.82, 2.24) is 18.4 Å². The van der Waals surface area contributed by atoms with Crippen LogP contribution in [0, 0.1) is 5.92 Å². The fourth-order valence-electron chi connectivity index (χ4n) is 3.00. The smallest absolute Gasteiger partial charge is 0.268 e. The van der Waals surface area contributed by atoms with Crippen molar-refractivity contribution in [1.29, 1.82) is 0 Å². The fourth-order valence-corrected chi connectivity index (χ4v) is 4.91. The molecule has 9 heteroatoms. The van der Waals surface area contributed by atoms with Gasteiger partial charge in [-0.3, -0.25) is 4.79 Å². The highest BCUT2D eigenvalue weighted by Gasteiger charge is 2.30. The first-order valence-electron chi connectivity index (χ1n) is 8.17. The van der Waals surface area contributed by atoms with Gasteiger partial charge in [-0.2, -0.15) is 22.1 Å². The molecule has 0 radical (unpaired) electrons. The molecular formula is C16H22N4O3S2. The summed E-state index contributed by atoms with van der Waals surface area (Å²) in [6.45, 7) is 1.37. The number of hydrogen-bond acceptors (Lipinski definition) is 5. The summed E-state index contributed by atoms with van der Waals surface area (Å²) in [5.74, 6) is 0.0762. The first kappa shape index (κ1) is 18.2. The standard InChI is InChI=1S/C16H22N4O3S2/c1-18(2)25(22,23)19-9-3-5-13(11-19)12-20-16(21)8-7-14(17-20)15-6-4-10-24-15/h4,6-8,10,13H,3,5,9,11-12H2,1-2H3/t13-/m1/s1. The lowest BCUT2D eigenvalue weighted by molar-refractivity contribution is 0.229. The molecule has 0 aliphatic carbocycles. The SMILES string of the molecule is CN(C)S(=O)(=O)N1CCC[C@@H](Cn2nc(-c3cccs3)ccc2=O)C1. The van der Waals surface area contributed by atoms with Gasteiger partial charge in [0.1, 0.15) is 5.69 Å². The summed E-state index contributed by atoms with van der Waals surface area (Å²) in [6, 6.07) is 7.17. The summed E-state index contributed by atoms with van der Waals surface area (Å²) in [7, 11) is -0.344. The maximum absolute atomic E-state index is 12.3. The number of rotatable bonds is 5. The molecule has 0 aromatic carbocycles. The number of aromatic nitrogens is 2. The van der Waals surface area contributed by atoms with Crippen LogP contribution in [0.1, 0.15) is 12.8 Å². The van der Waals surface area contributed by atoms with Crippen LogP contribution < -0.4 is 5.56 Å². The van der Waals surface area contributed by atoms with Crippen LogP contribution in [0.4, 0.5) is 0 Å².